The maximum Gasteiger partial charge on any atom is 0.193 e. The monoisotopic (exact) mass is 365 g/mol. The van der Waals surface area contributed by atoms with Crippen LogP contribution in [0.4, 0.5) is 0 Å². The number of hydrogen-bond donors (Lipinski definition) is 1. The Bertz CT molecular complexity index is 566. The van der Waals surface area contributed by atoms with E-state index in [0.717, 1.165) is 55.2 Å². The van der Waals surface area contributed by atoms with E-state index < -0.39 is 0 Å². The first-order valence-corrected chi connectivity index (χ1v) is 10.0. The van der Waals surface area contributed by atoms with Crippen molar-refractivity contribution in [3.63, 3.8) is 0 Å². The molecular formula is C19H31N3O2S. The van der Waals surface area contributed by atoms with E-state index in [1.54, 1.807) is 14.2 Å². The van der Waals surface area contributed by atoms with E-state index in [2.05, 4.69) is 46.0 Å². The van der Waals surface area contributed by atoms with Gasteiger partial charge in [0.15, 0.2) is 17.5 Å². The summed E-state index contributed by atoms with van der Waals surface area (Å²) in [4.78, 5) is 6.85. The fourth-order valence-corrected chi connectivity index (χ4v) is 4.20. The second-order valence-electron chi connectivity index (χ2n) is 6.11. The molecule has 1 aliphatic heterocycles. The number of rotatable bonds is 7. The van der Waals surface area contributed by atoms with Gasteiger partial charge in [0.05, 0.1) is 14.2 Å². The molecule has 0 radical (unpaired) electrons. The first-order valence-electron chi connectivity index (χ1n) is 8.99. The van der Waals surface area contributed by atoms with Gasteiger partial charge in [0.1, 0.15) is 0 Å². The van der Waals surface area contributed by atoms with E-state index in [1.807, 2.05) is 13.1 Å². The average Bonchev–Trinajstić information content (AvgIpc) is 2.67. The molecule has 1 heterocycles. The van der Waals surface area contributed by atoms with Gasteiger partial charge in [-0.3, -0.25) is 4.99 Å². The van der Waals surface area contributed by atoms with Crippen molar-refractivity contribution < 1.29 is 9.47 Å². The smallest absolute Gasteiger partial charge is 0.193 e. The molecule has 6 heteroatoms. The van der Waals surface area contributed by atoms with Gasteiger partial charge in [0.2, 0.25) is 0 Å². The number of nitrogens with zero attached hydrogens (tertiary/aromatic N) is 2. The summed E-state index contributed by atoms with van der Waals surface area (Å²) in [5, 5.41) is 4.24. The van der Waals surface area contributed by atoms with Crippen LogP contribution in [0.2, 0.25) is 0 Å². The average molecular weight is 366 g/mol. The van der Waals surface area contributed by atoms with E-state index in [9.17, 15) is 0 Å². The van der Waals surface area contributed by atoms with E-state index in [4.69, 9.17) is 9.47 Å². The van der Waals surface area contributed by atoms with Gasteiger partial charge in [0.25, 0.3) is 0 Å². The number of nitrogens with one attached hydrogen (secondary N) is 1. The Kier molecular flexibility index (Phi) is 8.25. The lowest BCUT2D eigenvalue weighted by molar-refractivity contribution is 0.354. The highest BCUT2D eigenvalue weighted by molar-refractivity contribution is 8.00. The van der Waals surface area contributed by atoms with Crippen LogP contribution in [0.3, 0.4) is 0 Å². The highest BCUT2D eigenvalue weighted by atomic mass is 32.2. The lowest BCUT2D eigenvalue weighted by atomic mass is 10.1. The lowest BCUT2D eigenvalue weighted by Gasteiger charge is -2.34. The summed E-state index contributed by atoms with van der Waals surface area (Å²) in [6.07, 6.45) is 3.27. The lowest BCUT2D eigenvalue weighted by Crippen LogP contribution is -2.48. The Morgan fingerprint density at radius 3 is 2.80 bits per heavy atom. The summed E-state index contributed by atoms with van der Waals surface area (Å²) < 4.78 is 10.7. The van der Waals surface area contributed by atoms with Gasteiger partial charge >= 0.3 is 0 Å². The van der Waals surface area contributed by atoms with Gasteiger partial charge in [-0.15, -0.1) is 0 Å². The minimum Gasteiger partial charge on any atom is -0.493 e. The molecule has 0 aromatic heterocycles. The molecule has 1 atom stereocenters. The maximum atomic E-state index is 5.37. The maximum absolute atomic E-state index is 5.37. The van der Waals surface area contributed by atoms with Crippen molar-refractivity contribution >= 4 is 17.7 Å². The molecule has 2 rings (SSSR count). The minimum atomic E-state index is 0.721. The summed E-state index contributed by atoms with van der Waals surface area (Å²) in [5.41, 5.74) is 1.26. The number of aliphatic imine (C=N–C) groups is 1. The number of ether oxygens (including phenoxy) is 2. The molecule has 5 nitrogen and oxygen atoms in total. The number of thioether (sulfide) groups is 1. The summed E-state index contributed by atoms with van der Waals surface area (Å²) in [5.74, 6) is 3.79. The van der Waals surface area contributed by atoms with Crippen molar-refractivity contribution in [2.75, 3.05) is 46.7 Å². The Balaban J connectivity index is 1.79. The highest BCUT2D eigenvalue weighted by Crippen LogP contribution is 2.28. The molecule has 0 aliphatic carbocycles. The van der Waals surface area contributed by atoms with Gasteiger partial charge < -0.3 is 19.7 Å². The summed E-state index contributed by atoms with van der Waals surface area (Å²) in [6, 6.07) is 6.13. The fourth-order valence-electron chi connectivity index (χ4n) is 3.02. The van der Waals surface area contributed by atoms with E-state index in [1.165, 1.54) is 17.7 Å². The number of aryl methyl sites for hydroxylation is 1. The Morgan fingerprint density at radius 2 is 2.12 bits per heavy atom. The Hall–Kier alpha value is -1.56. The molecule has 1 aromatic carbocycles. The van der Waals surface area contributed by atoms with Crippen LogP contribution in [0, 0.1) is 0 Å². The van der Waals surface area contributed by atoms with Crippen LogP contribution in [0.1, 0.15) is 25.3 Å². The topological polar surface area (TPSA) is 46.1 Å². The molecule has 0 saturated carbocycles. The second kappa shape index (κ2) is 10.4. The first kappa shape index (κ1) is 19.8. The predicted octanol–water partition coefficient (Wildman–Crippen LogP) is 3.04. The van der Waals surface area contributed by atoms with Crippen molar-refractivity contribution in [3.8, 4) is 11.5 Å². The third kappa shape index (κ3) is 5.73. The van der Waals surface area contributed by atoms with Crippen LogP contribution in [0.15, 0.2) is 23.2 Å². The molecule has 140 valence electrons. The van der Waals surface area contributed by atoms with Gasteiger partial charge in [-0.2, -0.15) is 11.8 Å². The van der Waals surface area contributed by atoms with Crippen molar-refractivity contribution in [3.05, 3.63) is 23.8 Å². The largest absolute Gasteiger partial charge is 0.493 e. The van der Waals surface area contributed by atoms with E-state index in [0.29, 0.717) is 0 Å². The van der Waals surface area contributed by atoms with Crippen molar-refractivity contribution in [2.24, 2.45) is 4.99 Å². The fraction of sp³-hybridized carbons (Fsp3) is 0.632. The number of guanidine groups is 1. The van der Waals surface area contributed by atoms with Crippen LogP contribution < -0.4 is 14.8 Å². The Morgan fingerprint density at radius 1 is 1.32 bits per heavy atom. The zero-order chi connectivity index (χ0) is 18.1. The number of benzene rings is 1. The highest BCUT2D eigenvalue weighted by Gasteiger charge is 2.21. The molecule has 0 amide bonds. The van der Waals surface area contributed by atoms with Crippen molar-refractivity contribution in [1.29, 1.82) is 0 Å². The molecule has 1 aromatic rings. The molecular weight excluding hydrogens is 334 g/mol. The van der Waals surface area contributed by atoms with Crippen LogP contribution in [0.25, 0.3) is 0 Å². The third-order valence-corrected chi connectivity index (χ3v) is 5.85. The number of hydrogen-bond acceptors (Lipinski definition) is 4. The first-order chi connectivity index (χ1) is 12.2. The Labute approximate surface area is 156 Å². The van der Waals surface area contributed by atoms with Gasteiger partial charge in [-0.1, -0.05) is 13.0 Å². The normalized spacial score (nSPS) is 18.2. The quantitative estimate of drug-likeness (QED) is 0.457. The number of methoxy groups -OCH3 is 2. The molecule has 1 saturated heterocycles. The second-order valence-corrected chi connectivity index (χ2v) is 7.52. The van der Waals surface area contributed by atoms with Crippen LogP contribution in [-0.4, -0.2) is 62.8 Å². The van der Waals surface area contributed by atoms with Crippen LogP contribution in [-0.2, 0) is 6.42 Å². The predicted molar refractivity (Wildman–Crippen MR) is 107 cm³/mol. The molecule has 1 aliphatic rings. The standard InChI is InChI=1S/C19H31N3O2S/c1-5-16-14-22(11-12-25-16)19(20-2)21-10-6-7-15-8-9-17(23-3)18(13-15)24-4/h8-9,13,16H,5-7,10-12,14H2,1-4H3,(H,20,21). The molecule has 1 fully saturated rings. The minimum absolute atomic E-state index is 0.721. The van der Waals surface area contributed by atoms with Gasteiger partial charge in [-0.25, -0.2) is 0 Å². The van der Waals surface area contributed by atoms with Crippen LogP contribution >= 0.6 is 11.8 Å². The van der Waals surface area contributed by atoms with Crippen molar-refractivity contribution in [1.82, 2.24) is 10.2 Å². The zero-order valence-corrected chi connectivity index (χ0v) is 16.7. The molecule has 0 bridgehead atoms. The van der Waals surface area contributed by atoms with E-state index >= 15 is 0 Å². The van der Waals surface area contributed by atoms with E-state index in [-0.39, 0.29) is 0 Å². The summed E-state index contributed by atoms with van der Waals surface area (Å²) >= 11 is 2.08. The zero-order valence-electron chi connectivity index (χ0n) is 15.9. The molecule has 0 spiro atoms. The summed E-state index contributed by atoms with van der Waals surface area (Å²) in [7, 11) is 5.21. The van der Waals surface area contributed by atoms with Gasteiger partial charge in [0, 0.05) is 37.7 Å². The molecule has 1 N–H and O–H groups in total. The molecule has 25 heavy (non-hydrogen) atoms. The SMILES string of the molecule is CCC1CN(C(=NC)NCCCc2ccc(OC)c(OC)c2)CCS1. The molecule has 1 unspecified atom stereocenters. The van der Waals surface area contributed by atoms with Crippen LogP contribution in [0.5, 0.6) is 11.5 Å². The third-order valence-electron chi connectivity index (χ3n) is 4.48. The van der Waals surface area contributed by atoms with Crippen molar-refractivity contribution in [2.45, 2.75) is 31.4 Å². The van der Waals surface area contributed by atoms with Gasteiger partial charge in [-0.05, 0) is 37.0 Å². The summed E-state index contributed by atoms with van der Waals surface area (Å²) in [6.45, 7) is 5.36.